The number of sulfonamides is 1. The maximum atomic E-state index is 11.8. The minimum absolute atomic E-state index is 0.0314. The van der Waals surface area contributed by atoms with Crippen LogP contribution in [0.5, 0.6) is 0 Å². The lowest BCUT2D eigenvalue weighted by Crippen LogP contribution is -2.53. The van der Waals surface area contributed by atoms with Crippen molar-refractivity contribution in [1.82, 2.24) is 19.7 Å². The standard InChI is InChI=1S/C14H21N5O3S/c1-19(14-12-3-4-15-13(12)16-9-17-14)11-7-10(8-11)18-23(21,22)6-2-5-20/h3-4,9-11,18,20H,2,5-8H2,1H3,(H,15,16,17). The van der Waals surface area contributed by atoms with Crippen LogP contribution in [0.2, 0.25) is 0 Å². The minimum Gasteiger partial charge on any atom is -0.396 e. The van der Waals surface area contributed by atoms with Crippen LogP contribution >= 0.6 is 0 Å². The predicted molar refractivity (Wildman–Crippen MR) is 87.7 cm³/mol. The van der Waals surface area contributed by atoms with E-state index in [2.05, 4.69) is 24.6 Å². The highest BCUT2D eigenvalue weighted by atomic mass is 32.2. The molecule has 23 heavy (non-hydrogen) atoms. The number of anilines is 1. The first-order chi connectivity index (χ1) is 11.0. The molecule has 1 aliphatic rings. The lowest BCUT2D eigenvalue weighted by Gasteiger charge is -2.41. The van der Waals surface area contributed by atoms with Gasteiger partial charge in [0.1, 0.15) is 17.8 Å². The van der Waals surface area contributed by atoms with Crippen LogP contribution in [0.4, 0.5) is 5.82 Å². The molecule has 8 nitrogen and oxygen atoms in total. The van der Waals surface area contributed by atoms with E-state index in [1.165, 1.54) is 6.33 Å². The van der Waals surface area contributed by atoms with Gasteiger partial charge in [0.25, 0.3) is 0 Å². The van der Waals surface area contributed by atoms with Crippen molar-refractivity contribution in [3.63, 3.8) is 0 Å². The molecular weight excluding hydrogens is 318 g/mol. The summed E-state index contributed by atoms with van der Waals surface area (Å²) in [7, 11) is -1.33. The molecule has 0 atom stereocenters. The summed E-state index contributed by atoms with van der Waals surface area (Å²) in [6, 6.07) is 2.14. The summed E-state index contributed by atoms with van der Waals surface area (Å²) in [5, 5.41) is 9.69. The Kier molecular flexibility index (Phi) is 4.51. The molecule has 1 saturated carbocycles. The molecule has 3 N–H and O–H groups in total. The number of fused-ring (bicyclic) bond motifs is 1. The Morgan fingerprint density at radius 1 is 1.43 bits per heavy atom. The van der Waals surface area contributed by atoms with E-state index >= 15 is 0 Å². The van der Waals surface area contributed by atoms with Crippen LogP contribution in [-0.4, -0.2) is 60.0 Å². The Morgan fingerprint density at radius 2 is 2.22 bits per heavy atom. The van der Waals surface area contributed by atoms with Gasteiger partial charge in [-0.05, 0) is 25.3 Å². The molecular formula is C14H21N5O3S. The van der Waals surface area contributed by atoms with Crippen molar-refractivity contribution < 1.29 is 13.5 Å². The smallest absolute Gasteiger partial charge is 0.211 e. The van der Waals surface area contributed by atoms with Crippen molar-refractivity contribution >= 4 is 26.9 Å². The fourth-order valence-electron chi connectivity index (χ4n) is 2.88. The molecule has 0 aliphatic heterocycles. The van der Waals surface area contributed by atoms with Gasteiger partial charge < -0.3 is 15.0 Å². The molecule has 9 heteroatoms. The van der Waals surface area contributed by atoms with Gasteiger partial charge in [-0.2, -0.15) is 0 Å². The average molecular weight is 339 g/mol. The number of aromatic amines is 1. The lowest BCUT2D eigenvalue weighted by atomic mass is 9.86. The Balaban J connectivity index is 1.60. The molecule has 2 aromatic rings. The monoisotopic (exact) mass is 339 g/mol. The summed E-state index contributed by atoms with van der Waals surface area (Å²) in [6.45, 7) is -0.114. The fraction of sp³-hybridized carbons (Fsp3) is 0.571. The first kappa shape index (κ1) is 16.2. The third kappa shape index (κ3) is 3.46. The summed E-state index contributed by atoms with van der Waals surface area (Å²) in [6.07, 6.45) is 5.10. The lowest BCUT2D eigenvalue weighted by molar-refractivity contribution is 0.293. The zero-order chi connectivity index (χ0) is 16.4. The maximum Gasteiger partial charge on any atom is 0.211 e. The van der Waals surface area contributed by atoms with Crippen LogP contribution in [0.3, 0.4) is 0 Å². The van der Waals surface area contributed by atoms with Gasteiger partial charge in [-0.3, -0.25) is 0 Å². The number of nitrogens with zero attached hydrogens (tertiary/aromatic N) is 3. The highest BCUT2D eigenvalue weighted by Gasteiger charge is 2.35. The summed E-state index contributed by atoms with van der Waals surface area (Å²) in [4.78, 5) is 13.7. The average Bonchev–Trinajstić information content (AvgIpc) is 2.96. The van der Waals surface area contributed by atoms with Gasteiger partial charge in [0.2, 0.25) is 10.0 Å². The third-order valence-corrected chi connectivity index (χ3v) is 5.76. The number of hydrogen-bond acceptors (Lipinski definition) is 6. The Labute approximate surface area is 135 Å². The summed E-state index contributed by atoms with van der Waals surface area (Å²) < 4.78 is 26.3. The molecule has 0 aromatic carbocycles. The number of H-pyrrole nitrogens is 1. The van der Waals surface area contributed by atoms with Crippen molar-refractivity contribution in [1.29, 1.82) is 0 Å². The van der Waals surface area contributed by atoms with Crippen LogP contribution in [-0.2, 0) is 10.0 Å². The highest BCUT2D eigenvalue weighted by Crippen LogP contribution is 2.31. The Hall–Kier alpha value is -1.71. The van der Waals surface area contributed by atoms with Gasteiger partial charge in [-0.1, -0.05) is 0 Å². The molecule has 0 radical (unpaired) electrons. The molecule has 0 unspecified atom stereocenters. The number of aliphatic hydroxyl groups is 1. The number of aliphatic hydroxyl groups excluding tert-OH is 1. The van der Waals surface area contributed by atoms with Crippen molar-refractivity contribution in [3.05, 3.63) is 18.6 Å². The second-order valence-electron chi connectivity index (χ2n) is 5.88. The van der Waals surface area contributed by atoms with E-state index in [0.29, 0.717) is 0 Å². The van der Waals surface area contributed by atoms with Gasteiger partial charge in [-0.25, -0.2) is 23.1 Å². The largest absolute Gasteiger partial charge is 0.396 e. The van der Waals surface area contributed by atoms with Crippen molar-refractivity contribution in [2.75, 3.05) is 24.3 Å². The molecule has 0 saturated heterocycles. The third-order valence-electron chi connectivity index (χ3n) is 4.25. The number of aromatic nitrogens is 3. The highest BCUT2D eigenvalue weighted by molar-refractivity contribution is 7.89. The SMILES string of the molecule is CN(c1ncnc2[nH]ccc12)C1CC(NS(=O)(=O)CCCO)C1. The summed E-state index contributed by atoms with van der Waals surface area (Å²) in [5.74, 6) is 0.818. The van der Waals surface area contributed by atoms with Gasteiger partial charge in [0.05, 0.1) is 11.1 Å². The Morgan fingerprint density at radius 3 is 2.96 bits per heavy atom. The molecule has 1 fully saturated rings. The normalized spacial score (nSPS) is 21.3. The first-order valence-corrected chi connectivity index (χ1v) is 9.27. The molecule has 0 amide bonds. The fourth-order valence-corrected chi connectivity index (χ4v) is 4.21. The van der Waals surface area contributed by atoms with Crippen LogP contribution < -0.4 is 9.62 Å². The van der Waals surface area contributed by atoms with E-state index in [9.17, 15) is 8.42 Å². The second kappa shape index (κ2) is 6.42. The van der Waals surface area contributed by atoms with Crippen LogP contribution in [0, 0.1) is 0 Å². The van der Waals surface area contributed by atoms with Crippen molar-refractivity contribution in [2.45, 2.75) is 31.3 Å². The summed E-state index contributed by atoms with van der Waals surface area (Å²) in [5.41, 5.74) is 0.794. The van der Waals surface area contributed by atoms with Gasteiger partial charge in [0, 0.05) is 31.9 Å². The molecule has 2 heterocycles. The molecule has 1 aliphatic carbocycles. The molecule has 3 rings (SSSR count). The first-order valence-electron chi connectivity index (χ1n) is 7.62. The number of nitrogens with one attached hydrogen (secondary N) is 2. The van der Waals surface area contributed by atoms with Crippen LogP contribution in [0.25, 0.3) is 11.0 Å². The second-order valence-corrected chi connectivity index (χ2v) is 7.76. The number of rotatable bonds is 7. The van der Waals surface area contributed by atoms with Crippen LogP contribution in [0.1, 0.15) is 19.3 Å². The van der Waals surface area contributed by atoms with Gasteiger partial charge in [-0.15, -0.1) is 0 Å². The van der Waals surface area contributed by atoms with Crippen molar-refractivity contribution in [2.24, 2.45) is 0 Å². The van der Waals surface area contributed by atoms with E-state index in [4.69, 9.17) is 5.11 Å². The minimum atomic E-state index is -3.30. The zero-order valence-corrected chi connectivity index (χ0v) is 13.8. The summed E-state index contributed by atoms with van der Waals surface area (Å²) >= 11 is 0. The number of hydrogen-bond donors (Lipinski definition) is 3. The van der Waals surface area contributed by atoms with E-state index < -0.39 is 10.0 Å². The molecule has 2 aromatic heterocycles. The van der Waals surface area contributed by atoms with E-state index in [1.807, 2.05) is 19.3 Å². The zero-order valence-electron chi connectivity index (χ0n) is 12.9. The van der Waals surface area contributed by atoms with Crippen molar-refractivity contribution in [3.8, 4) is 0 Å². The van der Waals surface area contributed by atoms with Gasteiger partial charge in [0.15, 0.2) is 0 Å². The van der Waals surface area contributed by atoms with E-state index in [-0.39, 0.29) is 30.9 Å². The molecule has 0 bridgehead atoms. The molecule has 126 valence electrons. The maximum absolute atomic E-state index is 11.8. The quantitative estimate of drug-likeness (QED) is 0.666. The molecule has 0 spiro atoms. The Bertz CT molecular complexity index is 770. The van der Waals surface area contributed by atoms with E-state index in [1.54, 1.807) is 0 Å². The van der Waals surface area contributed by atoms with Gasteiger partial charge >= 0.3 is 0 Å². The van der Waals surface area contributed by atoms with Crippen LogP contribution in [0.15, 0.2) is 18.6 Å². The van der Waals surface area contributed by atoms with E-state index in [0.717, 1.165) is 29.7 Å². The topological polar surface area (TPSA) is 111 Å². The predicted octanol–water partition coefficient (Wildman–Crippen LogP) is 0.227.